The lowest BCUT2D eigenvalue weighted by atomic mass is 10.1. The summed E-state index contributed by atoms with van der Waals surface area (Å²) >= 11 is 6.50. The van der Waals surface area contributed by atoms with Gasteiger partial charge in [-0.1, -0.05) is 42.0 Å². The van der Waals surface area contributed by atoms with Crippen molar-refractivity contribution in [2.75, 3.05) is 36.3 Å². The third kappa shape index (κ3) is 9.14. The second-order valence-electron chi connectivity index (χ2n) is 8.97. The zero-order valence-corrected chi connectivity index (χ0v) is 24.7. The van der Waals surface area contributed by atoms with Crippen molar-refractivity contribution in [2.45, 2.75) is 32.8 Å². The van der Waals surface area contributed by atoms with E-state index in [1.54, 1.807) is 60.4 Å². The van der Waals surface area contributed by atoms with Crippen LogP contribution < -0.4 is 14.8 Å². The molecule has 3 N–H and O–H groups in total. The normalized spacial score (nSPS) is 13.9. The molecule has 40 heavy (non-hydrogen) atoms. The van der Waals surface area contributed by atoms with E-state index in [1.165, 1.54) is 13.0 Å². The van der Waals surface area contributed by atoms with Crippen LogP contribution in [0.2, 0.25) is 5.02 Å². The molecule has 1 heterocycles. The predicted molar refractivity (Wildman–Crippen MR) is 159 cm³/mol. The third-order valence-corrected chi connectivity index (χ3v) is 8.03. The number of hydrogen-bond donors (Lipinski definition) is 2. The first-order chi connectivity index (χ1) is 18.5. The monoisotopic (exact) mass is 612 g/mol. The first-order valence-electron chi connectivity index (χ1n) is 12.5. The molecule has 1 saturated heterocycles. The summed E-state index contributed by atoms with van der Waals surface area (Å²) in [5.41, 5.74) is 7.08. The Kier molecular flexibility index (Phi) is 12.3. The summed E-state index contributed by atoms with van der Waals surface area (Å²) in [5, 5.41) is 7.82. The molecule has 0 spiro atoms. The van der Waals surface area contributed by atoms with Crippen LogP contribution in [0.15, 0.2) is 48.5 Å². The lowest BCUT2D eigenvalue weighted by Crippen LogP contribution is -2.40. The average molecular weight is 614 g/mol. The number of benzene rings is 2. The zero-order chi connectivity index (χ0) is 28.6. The van der Waals surface area contributed by atoms with Gasteiger partial charge in [-0.3, -0.25) is 19.3 Å². The number of carbonyl (C=O) groups is 2. The Morgan fingerprint density at radius 2 is 1.90 bits per heavy atom. The second-order valence-corrected chi connectivity index (χ2v) is 11.3. The predicted octanol–water partition coefficient (Wildman–Crippen LogP) is 3.85. The van der Waals surface area contributed by atoms with E-state index in [2.05, 4.69) is 0 Å². The Morgan fingerprint density at radius 1 is 1.20 bits per heavy atom. The molecule has 10 nitrogen and oxygen atoms in total. The van der Waals surface area contributed by atoms with Crippen molar-refractivity contribution in [3.05, 3.63) is 64.7 Å². The number of sulfonamides is 1. The van der Waals surface area contributed by atoms with Crippen LogP contribution in [0, 0.1) is 5.41 Å². The van der Waals surface area contributed by atoms with E-state index >= 15 is 0 Å². The standard InChI is InChI=1S/C27H33ClN4O6S.ClH/c1-3-37-26(34)18-39(35,36)32(13-5-7-20-6-4-8-21(16-20)27(29)30)22-9-10-25(24(28)17-22)38-23-11-14-31(15-12-23)19(2)33;/h4-10,16-17,23H,3,11-15,18H2,1-2H3,(H3,29,30);1H/b7-5+;. The molecule has 218 valence electrons. The third-order valence-electron chi connectivity index (χ3n) is 6.10. The number of hydrogen-bond acceptors (Lipinski definition) is 7. The van der Waals surface area contributed by atoms with E-state index in [1.807, 2.05) is 0 Å². The van der Waals surface area contributed by atoms with Crippen LogP contribution in [-0.4, -0.2) is 69.1 Å². The highest BCUT2D eigenvalue weighted by molar-refractivity contribution is 7.93. The fraction of sp³-hybridized carbons (Fsp3) is 0.370. The van der Waals surface area contributed by atoms with Gasteiger partial charge in [-0.15, -0.1) is 12.4 Å². The number of nitrogens with two attached hydrogens (primary N) is 1. The first kappa shape index (κ1) is 32.9. The molecule has 0 saturated carbocycles. The van der Waals surface area contributed by atoms with Gasteiger partial charge < -0.3 is 20.1 Å². The van der Waals surface area contributed by atoms with Crippen molar-refractivity contribution in [2.24, 2.45) is 5.73 Å². The van der Waals surface area contributed by atoms with Crippen LogP contribution in [0.25, 0.3) is 6.08 Å². The number of anilines is 1. The Hall–Kier alpha value is -3.28. The summed E-state index contributed by atoms with van der Waals surface area (Å²) in [6.45, 7) is 4.30. The maximum absolute atomic E-state index is 13.2. The van der Waals surface area contributed by atoms with Crippen molar-refractivity contribution in [1.29, 1.82) is 5.41 Å². The van der Waals surface area contributed by atoms with Crippen LogP contribution in [0.1, 0.15) is 37.8 Å². The largest absolute Gasteiger partial charge is 0.489 e. The highest BCUT2D eigenvalue weighted by Gasteiger charge is 2.27. The highest BCUT2D eigenvalue weighted by atomic mass is 35.5. The topological polar surface area (TPSA) is 143 Å². The van der Waals surface area contributed by atoms with Crippen molar-refractivity contribution in [3.8, 4) is 5.75 Å². The number of nitrogen functional groups attached to an aromatic ring is 1. The van der Waals surface area contributed by atoms with E-state index in [0.29, 0.717) is 37.2 Å². The Balaban J connectivity index is 0.00000560. The smallest absolute Gasteiger partial charge is 0.323 e. The number of halogens is 2. The minimum Gasteiger partial charge on any atom is -0.489 e. The SMILES string of the molecule is CCOC(=O)CS(=O)(=O)N(C/C=C/c1cccc(C(=N)N)c1)c1ccc(OC2CCN(C(C)=O)CC2)c(Cl)c1.Cl. The fourth-order valence-corrected chi connectivity index (χ4v) is 5.62. The molecule has 2 aromatic rings. The number of nitrogens with zero attached hydrogens (tertiary/aromatic N) is 2. The van der Waals surface area contributed by atoms with Crippen LogP contribution >= 0.6 is 24.0 Å². The molecular formula is C27H34Cl2N4O6S. The molecule has 0 atom stereocenters. The molecule has 3 rings (SSSR count). The Labute approximate surface area is 246 Å². The Morgan fingerprint density at radius 3 is 2.50 bits per heavy atom. The van der Waals surface area contributed by atoms with Crippen molar-refractivity contribution in [3.63, 3.8) is 0 Å². The molecule has 0 bridgehead atoms. The van der Waals surface area contributed by atoms with Gasteiger partial charge in [0.25, 0.3) is 0 Å². The summed E-state index contributed by atoms with van der Waals surface area (Å²) < 4.78 is 38.5. The number of ether oxygens (including phenoxy) is 2. The van der Waals surface area contributed by atoms with E-state index in [4.69, 9.17) is 32.2 Å². The first-order valence-corrected chi connectivity index (χ1v) is 14.5. The molecule has 1 fully saturated rings. The molecule has 0 unspecified atom stereocenters. The van der Waals surface area contributed by atoms with Gasteiger partial charge in [-0.25, -0.2) is 8.42 Å². The maximum Gasteiger partial charge on any atom is 0.323 e. The summed E-state index contributed by atoms with van der Waals surface area (Å²) in [6, 6.07) is 11.6. The highest BCUT2D eigenvalue weighted by Crippen LogP contribution is 2.32. The molecule has 0 aromatic heterocycles. The van der Waals surface area contributed by atoms with E-state index in [0.717, 1.165) is 9.87 Å². The number of rotatable bonds is 11. The molecule has 0 radical (unpaired) electrons. The van der Waals surface area contributed by atoms with Gasteiger partial charge in [0, 0.05) is 38.4 Å². The summed E-state index contributed by atoms with van der Waals surface area (Å²) in [7, 11) is -4.13. The fourth-order valence-electron chi connectivity index (χ4n) is 4.11. The van der Waals surface area contributed by atoms with Crippen molar-refractivity contribution < 1.29 is 27.5 Å². The van der Waals surface area contributed by atoms with E-state index in [9.17, 15) is 18.0 Å². The van der Waals surface area contributed by atoms with Crippen molar-refractivity contribution >= 4 is 63.5 Å². The minimum absolute atomic E-state index is 0. The lowest BCUT2D eigenvalue weighted by Gasteiger charge is -2.31. The zero-order valence-electron chi connectivity index (χ0n) is 22.3. The van der Waals surface area contributed by atoms with Gasteiger partial charge in [0.1, 0.15) is 17.7 Å². The number of amides is 1. The summed E-state index contributed by atoms with van der Waals surface area (Å²) in [6.07, 6.45) is 4.52. The molecule has 2 aromatic carbocycles. The number of nitrogens with one attached hydrogen (secondary N) is 1. The van der Waals surface area contributed by atoms with Crippen LogP contribution in [0.4, 0.5) is 5.69 Å². The van der Waals surface area contributed by atoms with E-state index < -0.39 is 21.7 Å². The molecule has 13 heteroatoms. The van der Waals surface area contributed by atoms with Crippen LogP contribution in [0.5, 0.6) is 5.75 Å². The molecule has 1 amide bonds. The van der Waals surface area contributed by atoms with Crippen LogP contribution in [0.3, 0.4) is 0 Å². The van der Waals surface area contributed by atoms with Gasteiger partial charge in [0.05, 0.1) is 23.9 Å². The van der Waals surface area contributed by atoms with Gasteiger partial charge in [0.15, 0.2) is 5.75 Å². The number of piperidine rings is 1. The Bertz CT molecular complexity index is 1340. The average Bonchev–Trinajstić information content (AvgIpc) is 2.88. The van der Waals surface area contributed by atoms with E-state index in [-0.39, 0.29) is 54.1 Å². The molecule has 1 aliphatic rings. The minimum atomic E-state index is -4.13. The second kappa shape index (κ2) is 14.9. The number of carbonyl (C=O) groups excluding carboxylic acids is 2. The summed E-state index contributed by atoms with van der Waals surface area (Å²) in [4.78, 5) is 25.4. The van der Waals surface area contributed by atoms with Gasteiger partial charge in [-0.2, -0.15) is 0 Å². The van der Waals surface area contributed by atoms with Crippen LogP contribution in [-0.2, 0) is 24.3 Å². The molecule has 1 aliphatic heterocycles. The quantitative estimate of drug-likeness (QED) is 0.223. The lowest BCUT2D eigenvalue weighted by molar-refractivity contribution is -0.140. The number of amidine groups is 1. The van der Waals surface area contributed by atoms with Crippen molar-refractivity contribution in [1.82, 2.24) is 4.90 Å². The molecular weight excluding hydrogens is 579 g/mol. The van der Waals surface area contributed by atoms with Gasteiger partial charge in [0.2, 0.25) is 15.9 Å². The van der Waals surface area contributed by atoms with Gasteiger partial charge in [-0.05, 0) is 36.8 Å². The van der Waals surface area contributed by atoms with Gasteiger partial charge >= 0.3 is 5.97 Å². The summed E-state index contributed by atoms with van der Waals surface area (Å²) in [5.74, 6) is -1.34. The maximum atomic E-state index is 13.2. The molecule has 0 aliphatic carbocycles. The number of esters is 1. The number of likely N-dealkylation sites (tertiary alicyclic amines) is 1.